The number of carbonyl (C=O) groups is 1. The SMILES string of the molecule is COCc1ccccc1CNC(=O)c1cccc(OCc2cscn2)c1. The van der Waals surface area contributed by atoms with Gasteiger partial charge in [-0.05, 0) is 29.3 Å². The Kier molecular flexibility index (Phi) is 6.35. The highest BCUT2D eigenvalue weighted by Gasteiger charge is 2.09. The van der Waals surface area contributed by atoms with Crippen molar-refractivity contribution in [1.82, 2.24) is 10.3 Å². The van der Waals surface area contributed by atoms with Gasteiger partial charge in [-0.25, -0.2) is 4.98 Å². The Balaban J connectivity index is 1.60. The van der Waals surface area contributed by atoms with Crippen LogP contribution in [0.15, 0.2) is 59.4 Å². The Morgan fingerprint density at radius 1 is 1.12 bits per heavy atom. The van der Waals surface area contributed by atoms with Crippen molar-refractivity contribution in [2.45, 2.75) is 19.8 Å². The molecule has 2 aromatic carbocycles. The van der Waals surface area contributed by atoms with Crippen LogP contribution in [-0.2, 0) is 24.5 Å². The fraction of sp³-hybridized carbons (Fsp3) is 0.200. The van der Waals surface area contributed by atoms with Crippen LogP contribution in [0.5, 0.6) is 5.75 Å². The highest BCUT2D eigenvalue weighted by Crippen LogP contribution is 2.16. The minimum Gasteiger partial charge on any atom is -0.487 e. The maximum Gasteiger partial charge on any atom is 0.251 e. The molecule has 1 heterocycles. The first-order valence-electron chi connectivity index (χ1n) is 8.20. The predicted octanol–water partition coefficient (Wildman–Crippen LogP) is 3.80. The first kappa shape index (κ1) is 18.1. The van der Waals surface area contributed by atoms with Crippen molar-refractivity contribution in [3.8, 4) is 5.75 Å². The number of carbonyl (C=O) groups excluding carboxylic acids is 1. The van der Waals surface area contributed by atoms with Crippen LogP contribution in [0.25, 0.3) is 0 Å². The molecule has 1 aromatic heterocycles. The van der Waals surface area contributed by atoms with E-state index >= 15 is 0 Å². The van der Waals surface area contributed by atoms with Crippen LogP contribution < -0.4 is 10.1 Å². The Morgan fingerprint density at radius 2 is 1.96 bits per heavy atom. The molecule has 0 atom stereocenters. The summed E-state index contributed by atoms with van der Waals surface area (Å²) in [6, 6.07) is 15.0. The topological polar surface area (TPSA) is 60.5 Å². The largest absolute Gasteiger partial charge is 0.487 e. The van der Waals surface area contributed by atoms with E-state index in [4.69, 9.17) is 9.47 Å². The number of nitrogens with zero attached hydrogens (tertiary/aromatic N) is 1. The maximum atomic E-state index is 12.5. The van der Waals surface area contributed by atoms with Crippen LogP contribution in [0.3, 0.4) is 0 Å². The third kappa shape index (κ3) is 4.91. The molecule has 3 rings (SSSR count). The molecule has 1 N–H and O–H groups in total. The number of ether oxygens (including phenoxy) is 2. The zero-order valence-electron chi connectivity index (χ0n) is 14.5. The van der Waals surface area contributed by atoms with Gasteiger partial charge in [-0.2, -0.15) is 0 Å². The van der Waals surface area contributed by atoms with Gasteiger partial charge in [0, 0.05) is 24.6 Å². The molecule has 0 unspecified atom stereocenters. The van der Waals surface area contributed by atoms with Crippen molar-refractivity contribution in [2.75, 3.05) is 7.11 Å². The van der Waals surface area contributed by atoms with Gasteiger partial charge in [-0.15, -0.1) is 11.3 Å². The van der Waals surface area contributed by atoms with E-state index in [1.807, 2.05) is 41.8 Å². The van der Waals surface area contributed by atoms with Crippen LogP contribution in [-0.4, -0.2) is 18.0 Å². The minimum atomic E-state index is -0.142. The molecule has 26 heavy (non-hydrogen) atoms. The number of nitrogens with one attached hydrogen (secondary N) is 1. The van der Waals surface area contributed by atoms with Gasteiger partial charge in [-0.3, -0.25) is 4.79 Å². The summed E-state index contributed by atoms with van der Waals surface area (Å²) in [4.78, 5) is 16.6. The van der Waals surface area contributed by atoms with Gasteiger partial charge in [0.1, 0.15) is 12.4 Å². The lowest BCUT2D eigenvalue weighted by Gasteiger charge is -2.11. The number of amides is 1. The monoisotopic (exact) mass is 368 g/mol. The Bertz CT molecular complexity index is 850. The summed E-state index contributed by atoms with van der Waals surface area (Å²) in [5, 5.41) is 4.89. The third-order valence-electron chi connectivity index (χ3n) is 3.82. The number of hydrogen-bond donors (Lipinski definition) is 1. The van der Waals surface area contributed by atoms with Gasteiger partial charge in [0.25, 0.3) is 5.91 Å². The maximum absolute atomic E-state index is 12.5. The van der Waals surface area contributed by atoms with E-state index in [-0.39, 0.29) is 5.91 Å². The quantitative estimate of drug-likeness (QED) is 0.657. The number of rotatable bonds is 8. The van der Waals surface area contributed by atoms with Crippen molar-refractivity contribution in [3.05, 3.63) is 81.8 Å². The normalized spacial score (nSPS) is 10.5. The van der Waals surface area contributed by atoms with Crippen molar-refractivity contribution in [2.24, 2.45) is 0 Å². The molecule has 1 amide bonds. The van der Waals surface area contributed by atoms with E-state index in [9.17, 15) is 4.79 Å². The molecule has 0 radical (unpaired) electrons. The lowest BCUT2D eigenvalue weighted by Crippen LogP contribution is -2.23. The Labute approximate surface area is 156 Å². The number of methoxy groups -OCH3 is 1. The highest BCUT2D eigenvalue weighted by atomic mass is 32.1. The van der Waals surface area contributed by atoms with Crippen LogP contribution in [0.2, 0.25) is 0 Å². The third-order valence-corrected chi connectivity index (χ3v) is 4.46. The van der Waals surface area contributed by atoms with Crippen LogP contribution in [0, 0.1) is 0 Å². The van der Waals surface area contributed by atoms with Gasteiger partial charge in [0.05, 0.1) is 17.8 Å². The number of thiazole rings is 1. The molecule has 0 fully saturated rings. The fourth-order valence-corrected chi connectivity index (χ4v) is 3.04. The summed E-state index contributed by atoms with van der Waals surface area (Å²) in [6.45, 7) is 1.35. The van der Waals surface area contributed by atoms with Gasteiger partial charge in [-0.1, -0.05) is 30.3 Å². The molecule has 0 aliphatic carbocycles. The average molecular weight is 368 g/mol. The van der Waals surface area contributed by atoms with E-state index in [1.165, 1.54) is 11.3 Å². The van der Waals surface area contributed by atoms with Crippen molar-refractivity contribution < 1.29 is 14.3 Å². The van der Waals surface area contributed by atoms with Crippen molar-refractivity contribution in [1.29, 1.82) is 0 Å². The standard InChI is InChI=1S/C20H20N2O3S/c1-24-11-17-6-3-2-5-16(17)10-21-20(23)15-7-4-8-19(9-15)25-12-18-13-26-14-22-18/h2-9,13-14H,10-12H2,1H3,(H,21,23). The molecule has 0 spiro atoms. The Morgan fingerprint density at radius 3 is 2.73 bits per heavy atom. The zero-order chi connectivity index (χ0) is 18.2. The zero-order valence-corrected chi connectivity index (χ0v) is 15.3. The lowest BCUT2D eigenvalue weighted by molar-refractivity contribution is 0.0950. The minimum absolute atomic E-state index is 0.142. The Hall–Kier alpha value is -2.70. The van der Waals surface area contributed by atoms with E-state index in [0.717, 1.165) is 16.8 Å². The first-order valence-corrected chi connectivity index (χ1v) is 9.14. The predicted molar refractivity (Wildman–Crippen MR) is 101 cm³/mol. The molecule has 134 valence electrons. The second-order valence-corrected chi connectivity index (χ2v) is 6.40. The molecule has 5 nitrogen and oxygen atoms in total. The second kappa shape index (κ2) is 9.12. The van der Waals surface area contributed by atoms with Gasteiger partial charge < -0.3 is 14.8 Å². The summed E-state index contributed by atoms with van der Waals surface area (Å²) in [5.74, 6) is 0.502. The smallest absolute Gasteiger partial charge is 0.251 e. The summed E-state index contributed by atoms with van der Waals surface area (Å²) >= 11 is 1.53. The summed E-state index contributed by atoms with van der Waals surface area (Å²) in [6.07, 6.45) is 0. The van der Waals surface area contributed by atoms with E-state index in [1.54, 1.807) is 24.8 Å². The molecular weight excluding hydrogens is 348 g/mol. The lowest BCUT2D eigenvalue weighted by atomic mass is 10.1. The first-order chi connectivity index (χ1) is 12.8. The fourth-order valence-electron chi connectivity index (χ4n) is 2.50. The summed E-state index contributed by atoms with van der Waals surface area (Å²) in [7, 11) is 1.66. The van der Waals surface area contributed by atoms with Crippen molar-refractivity contribution in [3.63, 3.8) is 0 Å². The summed E-state index contributed by atoms with van der Waals surface area (Å²) < 4.78 is 10.9. The van der Waals surface area contributed by atoms with E-state index < -0.39 is 0 Å². The molecular formula is C20H20N2O3S. The molecule has 0 saturated heterocycles. The van der Waals surface area contributed by atoms with Gasteiger partial charge in [0.2, 0.25) is 0 Å². The van der Waals surface area contributed by atoms with Crippen molar-refractivity contribution >= 4 is 17.2 Å². The van der Waals surface area contributed by atoms with Crippen LogP contribution in [0.4, 0.5) is 0 Å². The molecule has 0 aliphatic rings. The van der Waals surface area contributed by atoms with Crippen LogP contribution >= 0.6 is 11.3 Å². The number of benzene rings is 2. The summed E-state index contributed by atoms with van der Waals surface area (Å²) in [5.41, 5.74) is 5.31. The van der Waals surface area contributed by atoms with Gasteiger partial charge in [0.15, 0.2) is 0 Å². The molecule has 0 aliphatic heterocycles. The molecule has 0 saturated carbocycles. The molecule has 6 heteroatoms. The second-order valence-electron chi connectivity index (χ2n) is 5.68. The van der Waals surface area contributed by atoms with Crippen LogP contribution in [0.1, 0.15) is 27.2 Å². The molecule has 3 aromatic rings. The number of hydrogen-bond acceptors (Lipinski definition) is 5. The highest BCUT2D eigenvalue weighted by molar-refractivity contribution is 7.07. The van der Waals surface area contributed by atoms with E-state index in [2.05, 4.69) is 10.3 Å². The van der Waals surface area contributed by atoms with E-state index in [0.29, 0.717) is 31.1 Å². The molecule has 0 bridgehead atoms. The average Bonchev–Trinajstić information content (AvgIpc) is 3.19. The van der Waals surface area contributed by atoms with Gasteiger partial charge >= 0.3 is 0 Å². The number of aromatic nitrogens is 1.